The highest BCUT2D eigenvalue weighted by Gasteiger charge is 2.13. The van der Waals surface area contributed by atoms with E-state index in [2.05, 4.69) is 33.0 Å². The lowest BCUT2D eigenvalue weighted by Crippen LogP contribution is -2.15. The van der Waals surface area contributed by atoms with Crippen LogP contribution in [0.3, 0.4) is 0 Å². The van der Waals surface area contributed by atoms with Crippen LogP contribution in [0, 0.1) is 17.8 Å². The molecule has 0 aliphatic rings. The Labute approximate surface area is 84.3 Å². The van der Waals surface area contributed by atoms with E-state index < -0.39 is 0 Å². The van der Waals surface area contributed by atoms with Gasteiger partial charge in [-0.05, 0) is 44.2 Å². The SMILES string of the molecule is CCC(C)C(C)CC(C)CCNC. The van der Waals surface area contributed by atoms with Crippen LogP contribution in [0.25, 0.3) is 0 Å². The molecule has 0 bridgehead atoms. The van der Waals surface area contributed by atoms with Crippen molar-refractivity contribution in [3.63, 3.8) is 0 Å². The van der Waals surface area contributed by atoms with Crippen LogP contribution in [0.2, 0.25) is 0 Å². The molecule has 0 spiro atoms. The molecule has 0 rings (SSSR count). The second-order valence-electron chi connectivity index (χ2n) is 4.60. The molecule has 13 heavy (non-hydrogen) atoms. The highest BCUT2D eigenvalue weighted by atomic mass is 14.8. The molecule has 0 saturated heterocycles. The van der Waals surface area contributed by atoms with E-state index >= 15 is 0 Å². The number of hydrogen-bond donors (Lipinski definition) is 1. The number of hydrogen-bond acceptors (Lipinski definition) is 1. The van der Waals surface area contributed by atoms with Gasteiger partial charge < -0.3 is 5.32 Å². The summed E-state index contributed by atoms with van der Waals surface area (Å²) in [5, 5.41) is 3.22. The minimum atomic E-state index is 0.872. The second-order valence-corrected chi connectivity index (χ2v) is 4.60. The van der Waals surface area contributed by atoms with Gasteiger partial charge in [0, 0.05) is 0 Å². The quantitative estimate of drug-likeness (QED) is 0.641. The predicted octanol–water partition coefficient (Wildman–Crippen LogP) is 3.30. The second kappa shape index (κ2) is 7.37. The first-order chi connectivity index (χ1) is 6.11. The Morgan fingerprint density at radius 3 is 2.15 bits per heavy atom. The van der Waals surface area contributed by atoms with Gasteiger partial charge >= 0.3 is 0 Å². The van der Waals surface area contributed by atoms with E-state index in [-0.39, 0.29) is 0 Å². The van der Waals surface area contributed by atoms with Gasteiger partial charge in [0.25, 0.3) is 0 Å². The third-order valence-corrected chi connectivity index (χ3v) is 3.28. The zero-order valence-electron chi connectivity index (χ0n) is 10.1. The zero-order chi connectivity index (χ0) is 10.3. The highest BCUT2D eigenvalue weighted by Crippen LogP contribution is 2.23. The van der Waals surface area contributed by atoms with Crippen LogP contribution < -0.4 is 5.32 Å². The molecule has 0 amide bonds. The summed E-state index contributed by atoms with van der Waals surface area (Å²) in [6.07, 6.45) is 4.02. The fraction of sp³-hybridized carbons (Fsp3) is 1.00. The summed E-state index contributed by atoms with van der Waals surface area (Å²) in [7, 11) is 2.03. The molecule has 1 heteroatoms. The van der Waals surface area contributed by atoms with Crippen molar-refractivity contribution in [2.75, 3.05) is 13.6 Å². The molecule has 80 valence electrons. The van der Waals surface area contributed by atoms with Gasteiger partial charge in [0.05, 0.1) is 0 Å². The van der Waals surface area contributed by atoms with Crippen LogP contribution >= 0.6 is 0 Å². The Morgan fingerprint density at radius 1 is 1.08 bits per heavy atom. The third-order valence-electron chi connectivity index (χ3n) is 3.28. The largest absolute Gasteiger partial charge is 0.320 e. The molecule has 0 aliphatic carbocycles. The minimum Gasteiger partial charge on any atom is -0.320 e. The van der Waals surface area contributed by atoms with Gasteiger partial charge in [0.1, 0.15) is 0 Å². The van der Waals surface area contributed by atoms with Gasteiger partial charge in [-0.15, -0.1) is 0 Å². The zero-order valence-corrected chi connectivity index (χ0v) is 10.1. The maximum absolute atomic E-state index is 3.22. The van der Waals surface area contributed by atoms with Crippen molar-refractivity contribution in [3.05, 3.63) is 0 Å². The van der Waals surface area contributed by atoms with E-state index in [4.69, 9.17) is 0 Å². The Hall–Kier alpha value is -0.0400. The van der Waals surface area contributed by atoms with E-state index in [0.29, 0.717) is 0 Å². The smallest absolute Gasteiger partial charge is 0.00494 e. The molecular weight excluding hydrogens is 158 g/mol. The lowest BCUT2D eigenvalue weighted by molar-refractivity contribution is 0.298. The maximum Gasteiger partial charge on any atom is -0.00494 e. The summed E-state index contributed by atoms with van der Waals surface area (Å²) in [5.41, 5.74) is 0. The van der Waals surface area contributed by atoms with Crippen LogP contribution in [0.1, 0.15) is 47.0 Å². The summed E-state index contributed by atoms with van der Waals surface area (Å²) in [4.78, 5) is 0. The van der Waals surface area contributed by atoms with Gasteiger partial charge in [-0.3, -0.25) is 0 Å². The molecular formula is C12H27N. The van der Waals surface area contributed by atoms with Crippen LogP contribution in [-0.2, 0) is 0 Å². The van der Waals surface area contributed by atoms with Crippen LogP contribution in [0.5, 0.6) is 0 Å². The molecule has 0 aromatic carbocycles. The Morgan fingerprint density at radius 2 is 1.69 bits per heavy atom. The first-order valence-corrected chi connectivity index (χ1v) is 5.76. The van der Waals surface area contributed by atoms with Crippen LogP contribution in [-0.4, -0.2) is 13.6 Å². The van der Waals surface area contributed by atoms with Crippen LogP contribution in [0.4, 0.5) is 0 Å². The average molecular weight is 185 g/mol. The van der Waals surface area contributed by atoms with Crippen molar-refractivity contribution in [2.24, 2.45) is 17.8 Å². The van der Waals surface area contributed by atoms with Gasteiger partial charge in [0.15, 0.2) is 0 Å². The summed E-state index contributed by atoms with van der Waals surface area (Å²) >= 11 is 0. The average Bonchev–Trinajstić information content (AvgIpc) is 2.13. The molecule has 0 aromatic heterocycles. The summed E-state index contributed by atoms with van der Waals surface area (Å²) in [6.45, 7) is 10.6. The van der Waals surface area contributed by atoms with Gasteiger partial charge in [-0.25, -0.2) is 0 Å². The molecule has 0 radical (unpaired) electrons. The van der Waals surface area contributed by atoms with E-state index in [1.54, 1.807) is 0 Å². The number of rotatable bonds is 7. The van der Waals surface area contributed by atoms with Crippen molar-refractivity contribution < 1.29 is 0 Å². The summed E-state index contributed by atoms with van der Waals surface area (Å²) in [5.74, 6) is 2.64. The van der Waals surface area contributed by atoms with Crippen molar-refractivity contribution in [3.8, 4) is 0 Å². The van der Waals surface area contributed by atoms with Crippen molar-refractivity contribution in [1.29, 1.82) is 0 Å². The van der Waals surface area contributed by atoms with Gasteiger partial charge in [-0.1, -0.05) is 34.1 Å². The van der Waals surface area contributed by atoms with E-state index in [1.165, 1.54) is 19.3 Å². The fourth-order valence-electron chi connectivity index (χ4n) is 1.78. The molecule has 0 saturated carbocycles. The predicted molar refractivity (Wildman–Crippen MR) is 60.9 cm³/mol. The molecule has 0 heterocycles. The normalized spacial score (nSPS) is 18.2. The minimum absolute atomic E-state index is 0.872. The van der Waals surface area contributed by atoms with Crippen LogP contribution in [0.15, 0.2) is 0 Å². The first-order valence-electron chi connectivity index (χ1n) is 5.76. The molecule has 0 aliphatic heterocycles. The van der Waals surface area contributed by atoms with Gasteiger partial charge in [0.2, 0.25) is 0 Å². The molecule has 0 fully saturated rings. The summed E-state index contributed by atoms with van der Waals surface area (Å²) in [6, 6.07) is 0. The lowest BCUT2D eigenvalue weighted by Gasteiger charge is -2.22. The van der Waals surface area contributed by atoms with E-state index in [1.807, 2.05) is 7.05 Å². The van der Waals surface area contributed by atoms with E-state index in [9.17, 15) is 0 Å². The molecule has 3 unspecified atom stereocenters. The van der Waals surface area contributed by atoms with Crippen molar-refractivity contribution in [2.45, 2.75) is 47.0 Å². The third kappa shape index (κ3) is 6.09. The monoisotopic (exact) mass is 185 g/mol. The maximum atomic E-state index is 3.22. The fourth-order valence-corrected chi connectivity index (χ4v) is 1.78. The van der Waals surface area contributed by atoms with E-state index in [0.717, 1.165) is 24.3 Å². The first kappa shape index (κ1) is 13.0. The topological polar surface area (TPSA) is 12.0 Å². The standard InChI is InChI=1S/C12H27N/c1-6-11(3)12(4)9-10(2)7-8-13-5/h10-13H,6-9H2,1-5H3. The molecule has 3 atom stereocenters. The molecule has 1 N–H and O–H groups in total. The molecule has 1 nitrogen and oxygen atoms in total. The summed E-state index contributed by atoms with van der Waals surface area (Å²) < 4.78 is 0. The Balaban J connectivity index is 3.57. The van der Waals surface area contributed by atoms with Crippen molar-refractivity contribution in [1.82, 2.24) is 5.32 Å². The Kier molecular flexibility index (Phi) is 7.35. The number of nitrogens with one attached hydrogen (secondary N) is 1. The lowest BCUT2D eigenvalue weighted by atomic mass is 9.85. The van der Waals surface area contributed by atoms with Crippen molar-refractivity contribution >= 4 is 0 Å². The highest BCUT2D eigenvalue weighted by molar-refractivity contribution is 4.65. The molecule has 0 aromatic rings. The van der Waals surface area contributed by atoms with Gasteiger partial charge in [-0.2, -0.15) is 0 Å². The Bertz CT molecular complexity index is 112.